The van der Waals surface area contributed by atoms with Gasteiger partial charge in [0.1, 0.15) is 5.60 Å². The predicted molar refractivity (Wildman–Crippen MR) is 70.2 cm³/mol. The molecule has 1 N–H and O–H groups in total. The molecule has 0 unspecified atom stereocenters. The molecule has 1 aromatic rings. The van der Waals surface area contributed by atoms with Gasteiger partial charge in [-0.05, 0) is 39.8 Å². The summed E-state index contributed by atoms with van der Waals surface area (Å²) in [6, 6.07) is 3.03. The van der Waals surface area contributed by atoms with Gasteiger partial charge in [-0.15, -0.1) is 11.3 Å². The lowest BCUT2D eigenvalue weighted by Crippen LogP contribution is -2.30. The molecule has 0 spiro atoms. The van der Waals surface area contributed by atoms with Crippen LogP contribution in [-0.4, -0.2) is 23.4 Å². The van der Waals surface area contributed by atoms with Crippen LogP contribution in [0.15, 0.2) is 17.2 Å². The molecule has 0 bridgehead atoms. The van der Waals surface area contributed by atoms with Crippen LogP contribution < -0.4 is 10.5 Å². The molecule has 1 amide bonds. The third-order valence-corrected chi connectivity index (χ3v) is 3.05. The van der Waals surface area contributed by atoms with Crippen molar-refractivity contribution in [1.29, 1.82) is 0 Å². The van der Waals surface area contributed by atoms with Crippen molar-refractivity contribution in [3.8, 4) is 0 Å². The Kier molecular flexibility index (Phi) is 4.66. The molecule has 19 heavy (non-hydrogen) atoms. The van der Waals surface area contributed by atoms with Crippen molar-refractivity contribution in [2.24, 2.45) is 5.10 Å². The number of aromatic carboxylic acids is 1. The van der Waals surface area contributed by atoms with Gasteiger partial charge in [0.05, 0.1) is 21.4 Å². The molecule has 7 heteroatoms. The highest BCUT2D eigenvalue weighted by Crippen LogP contribution is 2.16. The maximum atomic E-state index is 11.4. The van der Waals surface area contributed by atoms with Crippen molar-refractivity contribution in [3.63, 3.8) is 0 Å². The zero-order chi connectivity index (χ0) is 14.6. The fourth-order valence-corrected chi connectivity index (χ4v) is 1.91. The third-order valence-electron chi connectivity index (χ3n) is 1.88. The molecule has 0 aromatic carbocycles. The van der Waals surface area contributed by atoms with Crippen molar-refractivity contribution >= 4 is 29.1 Å². The van der Waals surface area contributed by atoms with E-state index < -0.39 is 17.7 Å². The molecule has 104 valence electrons. The van der Waals surface area contributed by atoms with Gasteiger partial charge in [0, 0.05) is 0 Å². The Balaban J connectivity index is 2.66. The van der Waals surface area contributed by atoms with Crippen LogP contribution in [0.4, 0.5) is 4.79 Å². The highest BCUT2D eigenvalue weighted by Gasteiger charge is 2.15. The number of hydrazone groups is 1. The molecule has 1 rings (SSSR count). The second-order valence-corrected chi connectivity index (χ2v) is 5.85. The van der Waals surface area contributed by atoms with Gasteiger partial charge in [-0.25, -0.2) is 10.2 Å². The van der Waals surface area contributed by atoms with Gasteiger partial charge in [-0.1, -0.05) is 0 Å². The summed E-state index contributed by atoms with van der Waals surface area (Å²) in [7, 11) is 0. The Hall–Kier alpha value is -1.89. The average Bonchev–Trinajstić information content (AvgIpc) is 2.72. The molecule has 0 aliphatic heterocycles. The monoisotopic (exact) mass is 283 g/mol. The minimum Gasteiger partial charge on any atom is -0.544 e. The number of carboxylic acid groups (broad SMARTS) is 1. The summed E-state index contributed by atoms with van der Waals surface area (Å²) in [6.07, 6.45) is -0.663. The molecular weight excluding hydrogens is 268 g/mol. The number of carbonyl (C=O) groups excluding carboxylic acids is 2. The molecule has 0 atom stereocenters. The minimum absolute atomic E-state index is 0.113. The van der Waals surface area contributed by atoms with Crippen molar-refractivity contribution in [2.45, 2.75) is 33.3 Å². The SMILES string of the molecule is C/C(=N/NC(=O)OC(C)(C)C)c1ccc(C(=O)[O-])s1. The molecule has 0 aliphatic carbocycles. The predicted octanol–water partition coefficient (Wildman–Crippen LogP) is 1.36. The largest absolute Gasteiger partial charge is 0.544 e. The third kappa shape index (κ3) is 5.09. The van der Waals surface area contributed by atoms with Gasteiger partial charge in [0.2, 0.25) is 0 Å². The first-order valence-electron chi connectivity index (χ1n) is 5.54. The topological polar surface area (TPSA) is 90.8 Å². The fraction of sp³-hybridized carbons (Fsp3) is 0.417. The van der Waals surface area contributed by atoms with E-state index in [0.29, 0.717) is 10.6 Å². The highest BCUT2D eigenvalue weighted by atomic mass is 32.1. The standard InChI is InChI=1S/C12H16N2O4S/c1-7(8-5-6-9(19-8)10(15)16)13-14-11(17)18-12(2,3)4/h5-6H,1-4H3,(H,14,17)(H,15,16)/p-1/b13-7-. The number of carboxylic acids is 1. The van der Waals surface area contributed by atoms with Crippen molar-refractivity contribution < 1.29 is 19.4 Å². The van der Waals surface area contributed by atoms with Crippen molar-refractivity contribution in [1.82, 2.24) is 5.43 Å². The smallest absolute Gasteiger partial charge is 0.428 e. The van der Waals surface area contributed by atoms with Crippen molar-refractivity contribution in [3.05, 3.63) is 21.9 Å². The maximum Gasteiger partial charge on any atom is 0.428 e. The summed E-state index contributed by atoms with van der Waals surface area (Å²) < 4.78 is 5.01. The number of nitrogens with zero attached hydrogens (tertiary/aromatic N) is 1. The number of rotatable bonds is 3. The zero-order valence-corrected chi connectivity index (χ0v) is 12.0. The van der Waals surface area contributed by atoms with E-state index in [0.717, 1.165) is 11.3 Å². The van der Waals surface area contributed by atoms with Crippen LogP contribution >= 0.6 is 11.3 Å². The van der Waals surface area contributed by atoms with E-state index in [2.05, 4.69) is 10.5 Å². The summed E-state index contributed by atoms with van der Waals surface area (Å²) in [4.78, 5) is 22.7. The summed E-state index contributed by atoms with van der Waals surface area (Å²) in [5.41, 5.74) is 2.14. The van der Waals surface area contributed by atoms with E-state index in [4.69, 9.17) is 4.74 Å². The zero-order valence-electron chi connectivity index (χ0n) is 11.1. The molecule has 1 heterocycles. The van der Waals surface area contributed by atoms with Crippen LogP contribution in [0.5, 0.6) is 0 Å². The second kappa shape index (κ2) is 5.83. The van der Waals surface area contributed by atoms with Gasteiger partial charge < -0.3 is 14.6 Å². The lowest BCUT2D eigenvalue weighted by Gasteiger charge is -2.18. The fourth-order valence-electron chi connectivity index (χ4n) is 1.13. The quantitative estimate of drug-likeness (QED) is 0.669. The van der Waals surface area contributed by atoms with Gasteiger partial charge >= 0.3 is 6.09 Å². The lowest BCUT2D eigenvalue weighted by molar-refractivity contribution is -0.254. The highest BCUT2D eigenvalue weighted by molar-refractivity contribution is 7.15. The molecule has 6 nitrogen and oxygen atoms in total. The molecule has 0 saturated heterocycles. The summed E-state index contributed by atoms with van der Waals surface area (Å²) >= 11 is 1.03. The number of hydrogen-bond acceptors (Lipinski definition) is 6. The number of hydrogen-bond donors (Lipinski definition) is 1. The number of thiophene rings is 1. The van der Waals surface area contributed by atoms with E-state index in [1.807, 2.05) is 0 Å². The van der Waals surface area contributed by atoms with Crippen molar-refractivity contribution in [2.75, 3.05) is 0 Å². The van der Waals surface area contributed by atoms with E-state index in [9.17, 15) is 14.7 Å². The first-order valence-corrected chi connectivity index (χ1v) is 6.35. The summed E-state index contributed by atoms with van der Waals surface area (Å²) in [5, 5.41) is 14.5. The van der Waals surface area contributed by atoms with Gasteiger partial charge in [-0.2, -0.15) is 5.10 Å². The molecule has 0 aliphatic rings. The number of nitrogens with one attached hydrogen (secondary N) is 1. The van der Waals surface area contributed by atoms with Crippen LogP contribution in [0.1, 0.15) is 42.2 Å². The number of carbonyl (C=O) groups is 2. The Morgan fingerprint density at radius 1 is 1.32 bits per heavy atom. The van der Waals surface area contributed by atoms with Crippen LogP contribution in [0.2, 0.25) is 0 Å². The van der Waals surface area contributed by atoms with Crippen LogP contribution in [0, 0.1) is 0 Å². The maximum absolute atomic E-state index is 11.4. The Morgan fingerprint density at radius 2 is 1.89 bits per heavy atom. The Labute approximate surface area is 115 Å². The summed E-state index contributed by atoms with van der Waals surface area (Å²) in [6.45, 7) is 6.89. The van der Waals surface area contributed by atoms with Gasteiger partial charge in [-0.3, -0.25) is 0 Å². The normalized spacial score (nSPS) is 12.1. The molecule has 0 fully saturated rings. The van der Waals surface area contributed by atoms with Crippen LogP contribution in [-0.2, 0) is 4.74 Å². The van der Waals surface area contributed by atoms with Gasteiger partial charge in [0.25, 0.3) is 0 Å². The van der Waals surface area contributed by atoms with E-state index in [-0.39, 0.29) is 4.88 Å². The Morgan fingerprint density at radius 3 is 2.37 bits per heavy atom. The Bertz CT molecular complexity index is 514. The number of amides is 1. The van der Waals surface area contributed by atoms with Gasteiger partial charge in [0.15, 0.2) is 0 Å². The average molecular weight is 283 g/mol. The van der Waals surface area contributed by atoms with Crippen LogP contribution in [0.25, 0.3) is 0 Å². The molecule has 0 radical (unpaired) electrons. The molecule has 1 aromatic heterocycles. The first kappa shape index (κ1) is 15.2. The minimum atomic E-state index is -1.23. The molecule has 0 saturated carbocycles. The summed E-state index contributed by atoms with van der Waals surface area (Å²) in [5.74, 6) is -1.23. The first-order chi connectivity index (χ1) is 8.69. The van der Waals surface area contributed by atoms with Crippen LogP contribution in [0.3, 0.4) is 0 Å². The molecular formula is C12H15N2O4S-. The number of ether oxygens (including phenoxy) is 1. The van der Waals surface area contributed by atoms with E-state index >= 15 is 0 Å². The second-order valence-electron chi connectivity index (χ2n) is 4.76. The lowest BCUT2D eigenvalue weighted by atomic mass is 10.2. The van der Waals surface area contributed by atoms with E-state index in [1.165, 1.54) is 6.07 Å². The van der Waals surface area contributed by atoms with E-state index in [1.54, 1.807) is 33.8 Å².